The molecule has 0 aliphatic rings. The minimum absolute atomic E-state index is 0.341. The van der Waals surface area contributed by atoms with Crippen LogP contribution in [0.4, 0.5) is 13.2 Å². The molecule has 0 saturated heterocycles. The molecule has 0 spiro atoms. The number of rotatable bonds is 9. The fraction of sp³-hybridized carbons (Fsp3) is 0.929. The topological polar surface area (TPSA) is 17.1 Å². The van der Waals surface area contributed by atoms with E-state index in [1.165, 1.54) is 6.92 Å². The molecule has 0 rings (SSSR count). The Balaban J connectivity index is 4.56. The number of alkyl halides is 3. The van der Waals surface area contributed by atoms with Gasteiger partial charge >= 0.3 is 6.18 Å². The Hall–Kier alpha value is -0.540. The summed E-state index contributed by atoms with van der Waals surface area (Å²) in [5.41, 5.74) is -1.22. The quantitative estimate of drug-likeness (QED) is 0.518. The summed E-state index contributed by atoms with van der Waals surface area (Å²) in [4.78, 5) is 11.5. The molecule has 0 aliphatic carbocycles. The molecule has 0 bridgehead atoms. The summed E-state index contributed by atoms with van der Waals surface area (Å²) in [5, 5.41) is 0. The number of carbonyl (C=O) groups excluding carboxylic acids is 1. The summed E-state index contributed by atoms with van der Waals surface area (Å²) >= 11 is 0. The van der Waals surface area contributed by atoms with Crippen molar-refractivity contribution in [2.45, 2.75) is 78.3 Å². The van der Waals surface area contributed by atoms with Crippen molar-refractivity contribution in [3.63, 3.8) is 0 Å². The number of Topliss-reactive ketones (excluding diaryl/α,β-unsaturated/α-hetero) is 1. The molecular weight excluding hydrogens is 241 g/mol. The van der Waals surface area contributed by atoms with E-state index in [-0.39, 0.29) is 0 Å². The molecule has 0 saturated carbocycles. The Labute approximate surface area is 108 Å². The van der Waals surface area contributed by atoms with Gasteiger partial charge in [-0.1, -0.05) is 59.3 Å². The minimum Gasteiger partial charge on any atom is -0.289 e. The highest BCUT2D eigenvalue weighted by molar-refractivity contribution is 5.89. The SMILES string of the molecule is CCCCCCC(C)(CCCC)C(=O)C(F)(F)F. The van der Waals surface area contributed by atoms with E-state index >= 15 is 0 Å². The Bertz CT molecular complexity index is 248. The Kier molecular flexibility index (Phi) is 7.56. The van der Waals surface area contributed by atoms with Crippen molar-refractivity contribution in [2.75, 3.05) is 0 Å². The zero-order valence-electron chi connectivity index (χ0n) is 11.7. The molecule has 0 radical (unpaired) electrons. The van der Waals surface area contributed by atoms with E-state index in [9.17, 15) is 18.0 Å². The second-order valence-electron chi connectivity index (χ2n) is 5.30. The van der Waals surface area contributed by atoms with Crippen molar-refractivity contribution in [1.82, 2.24) is 0 Å². The second kappa shape index (κ2) is 7.80. The van der Waals surface area contributed by atoms with E-state index in [1.54, 1.807) is 0 Å². The fourth-order valence-corrected chi connectivity index (χ4v) is 2.20. The van der Waals surface area contributed by atoms with Crippen molar-refractivity contribution >= 4 is 5.78 Å². The summed E-state index contributed by atoms with van der Waals surface area (Å²) in [6.07, 6.45) is 1.15. The van der Waals surface area contributed by atoms with Gasteiger partial charge in [-0.15, -0.1) is 0 Å². The smallest absolute Gasteiger partial charge is 0.289 e. The van der Waals surface area contributed by atoms with Crippen LogP contribution in [0.5, 0.6) is 0 Å². The molecule has 0 N–H and O–H groups in total. The highest BCUT2D eigenvalue weighted by atomic mass is 19.4. The average Bonchev–Trinajstić information content (AvgIpc) is 2.30. The van der Waals surface area contributed by atoms with Gasteiger partial charge < -0.3 is 0 Å². The minimum atomic E-state index is -4.70. The summed E-state index contributed by atoms with van der Waals surface area (Å²) in [5.74, 6) is -1.54. The molecular formula is C14H25F3O. The first-order valence-electron chi connectivity index (χ1n) is 6.89. The lowest BCUT2D eigenvalue weighted by atomic mass is 9.76. The highest BCUT2D eigenvalue weighted by Crippen LogP contribution is 2.38. The molecule has 1 nitrogen and oxygen atoms in total. The van der Waals surface area contributed by atoms with Crippen LogP contribution in [0.1, 0.15) is 72.1 Å². The molecule has 18 heavy (non-hydrogen) atoms. The summed E-state index contributed by atoms with van der Waals surface area (Å²) in [6, 6.07) is 0. The fourth-order valence-electron chi connectivity index (χ4n) is 2.20. The number of hydrogen-bond donors (Lipinski definition) is 0. The van der Waals surface area contributed by atoms with Crippen molar-refractivity contribution < 1.29 is 18.0 Å². The van der Waals surface area contributed by atoms with Gasteiger partial charge in [-0.25, -0.2) is 0 Å². The van der Waals surface area contributed by atoms with Crippen molar-refractivity contribution in [1.29, 1.82) is 0 Å². The molecule has 1 atom stereocenters. The number of ketones is 1. The lowest BCUT2D eigenvalue weighted by Gasteiger charge is -2.29. The van der Waals surface area contributed by atoms with Crippen LogP contribution in [0.25, 0.3) is 0 Å². The van der Waals surface area contributed by atoms with E-state index in [0.717, 1.165) is 25.7 Å². The van der Waals surface area contributed by atoms with Crippen LogP contribution in [0.15, 0.2) is 0 Å². The number of halogens is 3. The molecule has 0 aromatic carbocycles. The third kappa shape index (κ3) is 5.87. The zero-order chi connectivity index (χ0) is 14.2. The Morgan fingerprint density at radius 3 is 1.83 bits per heavy atom. The van der Waals surface area contributed by atoms with Gasteiger partial charge in [0.2, 0.25) is 5.78 Å². The van der Waals surface area contributed by atoms with Gasteiger partial charge in [-0.05, 0) is 12.8 Å². The van der Waals surface area contributed by atoms with E-state index in [4.69, 9.17) is 0 Å². The normalized spacial score (nSPS) is 15.4. The van der Waals surface area contributed by atoms with E-state index < -0.39 is 17.4 Å². The lowest BCUT2D eigenvalue weighted by Crippen LogP contribution is -2.39. The van der Waals surface area contributed by atoms with Crippen LogP contribution >= 0.6 is 0 Å². The van der Waals surface area contributed by atoms with Gasteiger partial charge in [0.1, 0.15) is 0 Å². The largest absolute Gasteiger partial charge is 0.450 e. The van der Waals surface area contributed by atoms with Crippen LogP contribution < -0.4 is 0 Å². The van der Waals surface area contributed by atoms with Gasteiger partial charge in [-0.3, -0.25) is 4.79 Å². The summed E-state index contributed by atoms with van der Waals surface area (Å²) in [7, 11) is 0. The highest BCUT2D eigenvalue weighted by Gasteiger charge is 2.49. The molecule has 0 aromatic rings. The van der Waals surface area contributed by atoms with E-state index in [0.29, 0.717) is 25.7 Å². The van der Waals surface area contributed by atoms with Gasteiger partial charge in [0, 0.05) is 5.41 Å². The average molecular weight is 266 g/mol. The Morgan fingerprint density at radius 2 is 1.39 bits per heavy atom. The first kappa shape index (κ1) is 17.5. The third-order valence-electron chi connectivity index (χ3n) is 3.47. The molecule has 0 aliphatic heterocycles. The summed E-state index contributed by atoms with van der Waals surface area (Å²) in [6.45, 7) is 5.46. The van der Waals surface area contributed by atoms with Gasteiger partial charge in [0.15, 0.2) is 0 Å². The predicted molar refractivity (Wildman–Crippen MR) is 67.5 cm³/mol. The number of unbranched alkanes of at least 4 members (excludes halogenated alkanes) is 4. The van der Waals surface area contributed by atoms with E-state index in [1.807, 2.05) is 6.92 Å². The monoisotopic (exact) mass is 266 g/mol. The molecule has 0 aromatic heterocycles. The first-order chi connectivity index (χ1) is 8.28. The van der Waals surface area contributed by atoms with Crippen molar-refractivity contribution in [3.8, 4) is 0 Å². The predicted octanol–water partition coefficient (Wildman–Crippen LogP) is 5.28. The van der Waals surface area contributed by atoms with Gasteiger partial charge in [-0.2, -0.15) is 13.2 Å². The number of hydrogen-bond acceptors (Lipinski definition) is 1. The van der Waals surface area contributed by atoms with E-state index in [2.05, 4.69) is 6.92 Å². The lowest BCUT2D eigenvalue weighted by molar-refractivity contribution is -0.182. The zero-order valence-corrected chi connectivity index (χ0v) is 11.7. The maximum atomic E-state index is 12.6. The molecule has 0 heterocycles. The molecule has 4 heteroatoms. The maximum absolute atomic E-state index is 12.6. The molecule has 0 amide bonds. The Morgan fingerprint density at radius 1 is 0.889 bits per heavy atom. The van der Waals surface area contributed by atoms with Crippen molar-refractivity contribution in [2.24, 2.45) is 5.41 Å². The molecule has 0 fully saturated rings. The maximum Gasteiger partial charge on any atom is 0.450 e. The first-order valence-corrected chi connectivity index (χ1v) is 6.89. The van der Waals surface area contributed by atoms with Crippen LogP contribution in [0.3, 0.4) is 0 Å². The molecule has 108 valence electrons. The van der Waals surface area contributed by atoms with Crippen molar-refractivity contribution in [3.05, 3.63) is 0 Å². The van der Waals surface area contributed by atoms with Gasteiger partial charge in [0.25, 0.3) is 0 Å². The van der Waals surface area contributed by atoms with Crippen LogP contribution in [0.2, 0.25) is 0 Å². The van der Waals surface area contributed by atoms with Gasteiger partial charge in [0.05, 0.1) is 0 Å². The van der Waals surface area contributed by atoms with Crippen LogP contribution in [0, 0.1) is 5.41 Å². The summed E-state index contributed by atoms with van der Waals surface area (Å²) < 4.78 is 37.8. The van der Waals surface area contributed by atoms with Crippen LogP contribution in [-0.4, -0.2) is 12.0 Å². The van der Waals surface area contributed by atoms with Crippen LogP contribution in [-0.2, 0) is 4.79 Å². The second-order valence-corrected chi connectivity index (χ2v) is 5.30. The molecule has 1 unspecified atom stereocenters. The standard InChI is InChI=1S/C14H25F3O/c1-4-6-8-9-11-13(3,10-7-5-2)12(18)14(15,16)17/h4-11H2,1-3H3. The third-order valence-corrected chi connectivity index (χ3v) is 3.47. The number of carbonyl (C=O) groups is 1.